The number of nitrogens with zero attached hydrogens (tertiary/aromatic N) is 1. The Bertz CT molecular complexity index is 515. The predicted molar refractivity (Wildman–Crippen MR) is 59.2 cm³/mol. The van der Waals surface area contributed by atoms with E-state index in [-0.39, 0.29) is 15.8 Å². The van der Waals surface area contributed by atoms with Crippen LogP contribution in [0.4, 0.5) is 0 Å². The number of carboxylic acid groups (broad SMARTS) is 1. The van der Waals surface area contributed by atoms with E-state index in [4.69, 9.17) is 5.11 Å². The van der Waals surface area contributed by atoms with Crippen molar-refractivity contribution in [3.05, 3.63) is 16.3 Å². The lowest BCUT2D eigenvalue weighted by Gasteiger charge is -2.14. The van der Waals surface area contributed by atoms with Crippen LogP contribution in [-0.2, 0) is 10.0 Å². The second kappa shape index (κ2) is 3.83. The van der Waals surface area contributed by atoms with E-state index in [2.05, 4.69) is 0 Å². The van der Waals surface area contributed by atoms with E-state index in [1.54, 1.807) is 0 Å². The minimum absolute atomic E-state index is 0.0442. The molecule has 1 fully saturated rings. The molecule has 1 aromatic rings. The molecule has 1 aliphatic rings. The van der Waals surface area contributed by atoms with Crippen LogP contribution in [0.5, 0.6) is 0 Å². The summed E-state index contributed by atoms with van der Waals surface area (Å²) in [7, 11) is -1.98. The zero-order valence-corrected chi connectivity index (χ0v) is 10.2. The quantitative estimate of drug-likeness (QED) is 0.884. The Labute approximate surface area is 97.4 Å². The average molecular weight is 261 g/mol. The highest BCUT2D eigenvalue weighted by molar-refractivity contribution is 7.89. The first-order valence-electron chi connectivity index (χ1n) is 4.73. The minimum atomic E-state index is -3.51. The molecule has 0 amide bonds. The van der Waals surface area contributed by atoms with Crippen molar-refractivity contribution in [2.45, 2.75) is 23.8 Å². The molecule has 16 heavy (non-hydrogen) atoms. The van der Waals surface area contributed by atoms with Crippen LogP contribution in [0.15, 0.2) is 16.3 Å². The van der Waals surface area contributed by atoms with Crippen LogP contribution in [0.1, 0.15) is 22.5 Å². The third-order valence-corrected chi connectivity index (χ3v) is 5.48. The van der Waals surface area contributed by atoms with Gasteiger partial charge in [0.25, 0.3) is 0 Å². The van der Waals surface area contributed by atoms with Crippen LogP contribution >= 0.6 is 11.3 Å². The molecule has 2 rings (SSSR count). The molecule has 0 unspecified atom stereocenters. The molecule has 1 aliphatic carbocycles. The fourth-order valence-corrected chi connectivity index (χ4v) is 3.88. The Morgan fingerprint density at radius 1 is 1.56 bits per heavy atom. The monoisotopic (exact) mass is 261 g/mol. The molecular weight excluding hydrogens is 250 g/mol. The molecule has 1 heterocycles. The fraction of sp³-hybridized carbons (Fsp3) is 0.444. The molecule has 1 saturated carbocycles. The van der Waals surface area contributed by atoms with E-state index in [0.717, 1.165) is 24.2 Å². The Kier molecular flexibility index (Phi) is 2.77. The van der Waals surface area contributed by atoms with Crippen LogP contribution in [0.2, 0.25) is 0 Å². The number of sulfonamides is 1. The van der Waals surface area contributed by atoms with Gasteiger partial charge >= 0.3 is 5.97 Å². The number of thiophene rings is 1. The van der Waals surface area contributed by atoms with Gasteiger partial charge in [0.2, 0.25) is 10.0 Å². The molecular formula is C9H11NO4S2. The normalized spacial score (nSPS) is 16.6. The van der Waals surface area contributed by atoms with Gasteiger partial charge in [-0.1, -0.05) is 0 Å². The van der Waals surface area contributed by atoms with Gasteiger partial charge in [0, 0.05) is 18.5 Å². The Balaban J connectivity index is 2.31. The summed E-state index contributed by atoms with van der Waals surface area (Å²) in [5.74, 6) is -1.10. The van der Waals surface area contributed by atoms with Crippen molar-refractivity contribution in [2.24, 2.45) is 0 Å². The number of carboxylic acids is 1. The molecule has 0 spiro atoms. The summed E-state index contributed by atoms with van der Waals surface area (Å²) in [6.07, 6.45) is 1.76. The molecule has 0 saturated heterocycles. The topological polar surface area (TPSA) is 74.7 Å². The van der Waals surface area contributed by atoms with Gasteiger partial charge in [0.15, 0.2) is 0 Å². The first-order valence-corrected chi connectivity index (χ1v) is 7.05. The van der Waals surface area contributed by atoms with Crippen molar-refractivity contribution in [3.8, 4) is 0 Å². The summed E-state index contributed by atoms with van der Waals surface area (Å²) in [4.78, 5) is 10.8. The second-order valence-corrected chi connectivity index (χ2v) is 6.61. The van der Waals surface area contributed by atoms with E-state index in [1.165, 1.54) is 22.8 Å². The Hall–Kier alpha value is -0.920. The van der Waals surface area contributed by atoms with Gasteiger partial charge in [-0.05, 0) is 18.9 Å². The second-order valence-electron chi connectivity index (χ2n) is 3.70. The van der Waals surface area contributed by atoms with E-state index in [0.29, 0.717) is 0 Å². The highest BCUT2D eigenvalue weighted by atomic mass is 32.2. The molecule has 7 heteroatoms. The number of rotatable bonds is 4. The molecule has 0 aromatic carbocycles. The third-order valence-electron chi connectivity index (χ3n) is 2.52. The Morgan fingerprint density at radius 2 is 2.19 bits per heavy atom. The third kappa shape index (κ3) is 1.98. The van der Waals surface area contributed by atoms with E-state index in [9.17, 15) is 13.2 Å². The summed E-state index contributed by atoms with van der Waals surface area (Å²) in [6, 6.07) is 1.29. The summed E-state index contributed by atoms with van der Waals surface area (Å²) >= 11 is 0.929. The van der Waals surface area contributed by atoms with Gasteiger partial charge in [-0.3, -0.25) is 0 Å². The summed E-state index contributed by atoms with van der Waals surface area (Å²) in [5.41, 5.74) is 0. The van der Waals surface area contributed by atoms with Crippen molar-refractivity contribution in [1.82, 2.24) is 4.31 Å². The van der Waals surface area contributed by atoms with Crippen molar-refractivity contribution < 1.29 is 18.3 Å². The number of hydrogen-bond acceptors (Lipinski definition) is 4. The minimum Gasteiger partial charge on any atom is -0.477 e. The first kappa shape index (κ1) is 11.6. The lowest BCUT2D eigenvalue weighted by atomic mass is 10.5. The summed E-state index contributed by atoms with van der Waals surface area (Å²) in [6.45, 7) is 0. The molecule has 5 nitrogen and oxygen atoms in total. The molecule has 0 radical (unpaired) electrons. The van der Waals surface area contributed by atoms with Gasteiger partial charge in [-0.25, -0.2) is 13.2 Å². The van der Waals surface area contributed by atoms with Gasteiger partial charge in [-0.15, -0.1) is 11.3 Å². The van der Waals surface area contributed by atoms with Gasteiger partial charge in [0.1, 0.15) is 4.88 Å². The van der Waals surface area contributed by atoms with Crippen molar-refractivity contribution >= 4 is 27.3 Å². The molecule has 0 atom stereocenters. The Morgan fingerprint density at radius 3 is 2.62 bits per heavy atom. The number of aromatic carboxylic acids is 1. The number of hydrogen-bond donors (Lipinski definition) is 1. The molecule has 1 N–H and O–H groups in total. The van der Waals surface area contributed by atoms with Gasteiger partial charge < -0.3 is 5.11 Å². The highest BCUT2D eigenvalue weighted by Gasteiger charge is 2.35. The van der Waals surface area contributed by atoms with Crippen LogP contribution in [0.3, 0.4) is 0 Å². The number of carbonyl (C=O) groups is 1. The highest BCUT2D eigenvalue weighted by Crippen LogP contribution is 2.31. The predicted octanol–water partition coefficient (Wildman–Crippen LogP) is 1.23. The van der Waals surface area contributed by atoms with Crippen LogP contribution in [-0.4, -0.2) is 36.9 Å². The fourth-order valence-electron chi connectivity index (χ4n) is 1.37. The van der Waals surface area contributed by atoms with E-state index < -0.39 is 16.0 Å². The maximum absolute atomic E-state index is 12.0. The zero-order valence-electron chi connectivity index (χ0n) is 8.58. The van der Waals surface area contributed by atoms with E-state index >= 15 is 0 Å². The van der Waals surface area contributed by atoms with Crippen LogP contribution in [0, 0.1) is 0 Å². The molecule has 88 valence electrons. The molecule has 1 aromatic heterocycles. The lowest BCUT2D eigenvalue weighted by Crippen LogP contribution is -2.28. The standard InChI is InChI=1S/C9H11NO4S2/c1-10(6-2-3-6)16(13,14)7-4-8(9(11)12)15-5-7/h4-6H,2-3H2,1H3,(H,11,12). The summed E-state index contributed by atoms with van der Waals surface area (Å²) < 4.78 is 25.3. The first-order chi connectivity index (χ1) is 7.43. The maximum atomic E-state index is 12.0. The van der Waals surface area contributed by atoms with Crippen LogP contribution < -0.4 is 0 Å². The largest absolute Gasteiger partial charge is 0.477 e. The van der Waals surface area contributed by atoms with Gasteiger partial charge in [0.05, 0.1) is 4.90 Å². The van der Waals surface area contributed by atoms with E-state index in [1.807, 2.05) is 0 Å². The van der Waals surface area contributed by atoms with Crippen molar-refractivity contribution in [2.75, 3.05) is 7.05 Å². The van der Waals surface area contributed by atoms with Crippen LogP contribution in [0.25, 0.3) is 0 Å². The van der Waals surface area contributed by atoms with Crippen molar-refractivity contribution in [3.63, 3.8) is 0 Å². The average Bonchev–Trinajstić information content (AvgIpc) is 2.92. The SMILES string of the molecule is CN(C1CC1)S(=O)(=O)c1csc(C(=O)O)c1. The van der Waals surface area contributed by atoms with Gasteiger partial charge in [-0.2, -0.15) is 4.31 Å². The smallest absolute Gasteiger partial charge is 0.345 e. The maximum Gasteiger partial charge on any atom is 0.345 e. The zero-order chi connectivity index (χ0) is 11.9. The lowest BCUT2D eigenvalue weighted by molar-refractivity contribution is 0.0702. The molecule has 0 aliphatic heterocycles. The van der Waals surface area contributed by atoms with Crippen molar-refractivity contribution in [1.29, 1.82) is 0 Å². The molecule has 0 bridgehead atoms. The summed E-state index contributed by atoms with van der Waals surface area (Å²) in [5, 5.41) is 10.1.